The second kappa shape index (κ2) is 6.20. The molecule has 2 aromatic heterocycles. The van der Waals surface area contributed by atoms with Gasteiger partial charge in [-0.15, -0.1) is 11.3 Å². The summed E-state index contributed by atoms with van der Waals surface area (Å²) in [5.41, 5.74) is 3.62. The van der Waals surface area contributed by atoms with Crippen LogP contribution in [0.15, 0.2) is 28.1 Å². The molecular weight excluding hydrogens is 360 g/mol. The lowest BCUT2D eigenvalue weighted by molar-refractivity contribution is 0.101. The zero-order valence-electron chi connectivity index (χ0n) is 13.7. The minimum atomic E-state index is -0.316. The fourth-order valence-electron chi connectivity index (χ4n) is 3.02. The molecule has 0 unspecified atom stereocenters. The van der Waals surface area contributed by atoms with Crippen LogP contribution in [0, 0.1) is 6.92 Å². The van der Waals surface area contributed by atoms with E-state index >= 15 is 0 Å². The number of hydrogen-bond acceptors (Lipinski definition) is 5. The second-order valence-electron chi connectivity index (χ2n) is 5.85. The molecule has 2 heterocycles. The van der Waals surface area contributed by atoms with Crippen LogP contribution in [0.2, 0.25) is 5.02 Å². The van der Waals surface area contributed by atoms with E-state index in [4.69, 9.17) is 20.9 Å². The van der Waals surface area contributed by atoms with Crippen LogP contribution < -0.4 is 10.1 Å². The summed E-state index contributed by atoms with van der Waals surface area (Å²) in [7, 11) is 1.53. The number of aromatic nitrogens is 1. The molecular formula is C18H15ClN2O3S. The minimum Gasteiger partial charge on any atom is -0.495 e. The second-order valence-corrected chi connectivity index (χ2v) is 7.26. The first kappa shape index (κ1) is 16.2. The van der Waals surface area contributed by atoms with Crippen LogP contribution in [0.1, 0.15) is 26.5 Å². The smallest absolute Gasteiger partial charge is 0.278 e. The third-order valence-electron chi connectivity index (χ3n) is 4.32. The van der Waals surface area contributed by atoms with Gasteiger partial charge in [0.05, 0.1) is 12.8 Å². The molecule has 1 N–H and O–H groups in total. The molecule has 0 radical (unpaired) electrons. The number of carbonyl (C=O) groups is 1. The van der Waals surface area contributed by atoms with Gasteiger partial charge in [-0.3, -0.25) is 4.79 Å². The summed E-state index contributed by atoms with van der Waals surface area (Å²) >= 11 is 7.81. The molecule has 1 aromatic carbocycles. The van der Waals surface area contributed by atoms with Crippen LogP contribution in [-0.4, -0.2) is 18.2 Å². The molecule has 7 heteroatoms. The van der Waals surface area contributed by atoms with E-state index in [2.05, 4.69) is 10.5 Å². The number of fused-ring (bicyclic) bond motifs is 3. The quantitative estimate of drug-likeness (QED) is 0.720. The number of carbonyl (C=O) groups excluding carboxylic acids is 1. The van der Waals surface area contributed by atoms with E-state index in [9.17, 15) is 4.79 Å². The van der Waals surface area contributed by atoms with Crippen molar-refractivity contribution in [2.24, 2.45) is 0 Å². The summed E-state index contributed by atoms with van der Waals surface area (Å²) in [6, 6.07) is 5.47. The number of amides is 1. The van der Waals surface area contributed by atoms with E-state index in [0.717, 1.165) is 29.5 Å². The number of thiophene rings is 1. The molecule has 0 saturated carbocycles. The predicted molar refractivity (Wildman–Crippen MR) is 97.9 cm³/mol. The molecule has 0 bridgehead atoms. The van der Waals surface area contributed by atoms with Crippen molar-refractivity contribution in [3.8, 4) is 17.1 Å². The Balaban J connectivity index is 1.67. The van der Waals surface area contributed by atoms with Gasteiger partial charge in [0.15, 0.2) is 11.5 Å². The van der Waals surface area contributed by atoms with Crippen molar-refractivity contribution in [1.29, 1.82) is 0 Å². The summed E-state index contributed by atoms with van der Waals surface area (Å²) in [5.74, 6) is 0.886. The number of aryl methyl sites for hydroxylation is 2. The molecule has 0 aliphatic heterocycles. The number of nitrogens with one attached hydrogen (secondary N) is 1. The average Bonchev–Trinajstić information content (AvgIpc) is 3.23. The van der Waals surface area contributed by atoms with Gasteiger partial charge >= 0.3 is 0 Å². The third-order valence-corrected chi connectivity index (χ3v) is 5.71. The number of nitrogens with zero attached hydrogens (tertiary/aromatic N) is 1. The summed E-state index contributed by atoms with van der Waals surface area (Å²) in [6.07, 6.45) is 1.64. The zero-order valence-corrected chi connectivity index (χ0v) is 15.3. The van der Waals surface area contributed by atoms with Crippen molar-refractivity contribution < 1.29 is 14.1 Å². The molecule has 4 rings (SSSR count). The molecule has 5 nitrogen and oxygen atoms in total. The van der Waals surface area contributed by atoms with Crippen LogP contribution in [0.5, 0.6) is 5.75 Å². The maximum Gasteiger partial charge on any atom is 0.278 e. The summed E-state index contributed by atoms with van der Waals surface area (Å²) in [5, 5.41) is 9.49. The van der Waals surface area contributed by atoms with Crippen molar-refractivity contribution in [3.63, 3.8) is 0 Å². The number of rotatable bonds is 3. The van der Waals surface area contributed by atoms with Crippen LogP contribution in [0.4, 0.5) is 5.69 Å². The lowest BCUT2D eigenvalue weighted by Crippen LogP contribution is -2.16. The fourth-order valence-corrected chi connectivity index (χ4v) is 4.05. The lowest BCUT2D eigenvalue weighted by Gasteiger charge is -2.13. The fraction of sp³-hybridized carbons (Fsp3) is 0.222. The summed E-state index contributed by atoms with van der Waals surface area (Å²) in [6.45, 7) is 1.87. The maximum absolute atomic E-state index is 12.7. The van der Waals surface area contributed by atoms with Crippen LogP contribution in [-0.2, 0) is 12.8 Å². The summed E-state index contributed by atoms with van der Waals surface area (Å²) < 4.78 is 10.8. The lowest BCUT2D eigenvalue weighted by atomic mass is 9.95. The Bertz CT molecular complexity index is 977. The van der Waals surface area contributed by atoms with E-state index in [-0.39, 0.29) is 5.91 Å². The first-order valence-corrected chi connectivity index (χ1v) is 9.05. The number of hydrogen-bond donors (Lipinski definition) is 1. The van der Waals surface area contributed by atoms with Crippen molar-refractivity contribution in [2.45, 2.75) is 19.8 Å². The predicted octanol–water partition coefficient (Wildman–Crippen LogP) is 4.72. The van der Waals surface area contributed by atoms with E-state index in [0.29, 0.717) is 27.9 Å². The van der Waals surface area contributed by atoms with Gasteiger partial charge in [0.25, 0.3) is 5.91 Å². The first-order chi connectivity index (χ1) is 12.1. The Labute approximate surface area is 153 Å². The van der Waals surface area contributed by atoms with Gasteiger partial charge in [0.2, 0.25) is 0 Å². The Hall–Kier alpha value is -2.31. The van der Waals surface area contributed by atoms with E-state index < -0.39 is 0 Å². The normalized spacial score (nSPS) is 12.4. The highest BCUT2D eigenvalue weighted by Gasteiger charge is 2.28. The highest BCUT2D eigenvalue weighted by atomic mass is 35.5. The van der Waals surface area contributed by atoms with Gasteiger partial charge in [0.1, 0.15) is 5.75 Å². The minimum absolute atomic E-state index is 0.316. The molecule has 0 atom stereocenters. The van der Waals surface area contributed by atoms with Crippen molar-refractivity contribution in [2.75, 3.05) is 12.4 Å². The zero-order chi connectivity index (χ0) is 17.6. The molecule has 25 heavy (non-hydrogen) atoms. The standard InChI is InChI=1S/C18H15ClN2O3S/c1-9-7-13(14(23-2)8-12(9)19)20-18(22)16-11-3-4-15-10(5-6-25-15)17(11)24-21-16/h5-8H,3-4H2,1-2H3,(H,20,22). The molecule has 0 fully saturated rings. The van der Waals surface area contributed by atoms with Gasteiger partial charge in [0, 0.05) is 27.1 Å². The molecule has 1 amide bonds. The molecule has 128 valence electrons. The van der Waals surface area contributed by atoms with Crippen molar-refractivity contribution in [1.82, 2.24) is 5.16 Å². The van der Waals surface area contributed by atoms with Crippen LogP contribution in [0.25, 0.3) is 11.3 Å². The maximum atomic E-state index is 12.7. The highest BCUT2D eigenvalue weighted by molar-refractivity contribution is 7.10. The Morgan fingerprint density at radius 1 is 1.40 bits per heavy atom. The number of halogens is 1. The van der Waals surface area contributed by atoms with E-state index in [1.165, 1.54) is 12.0 Å². The van der Waals surface area contributed by atoms with E-state index in [1.807, 2.05) is 18.4 Å². The average molecular weight is 375 g/mol. The Kier molecular flexibility index (Phi) is 4.01. The summed E-state index contributed by atoms with van der Waals surface area (Å²) in [4.78, 5) is 14.0. The molecule has 0 saturated heterocycles. The number of benzene rings is 1. The number of methoxy groups -OCH3 is 1. The molecule has 0 spiro atoms. The Morgan fingerprint density at radius 3 is 3.04 bits per heavy atom. The van der Waals surface area contributed by atoms with Crippen LogP contribution >= 0.6 is 22.9 Å². The largest absolute Gasteiger partial charge is 0.495 e. The third kappa shape index (κ3) is 2.71. The highest BCUT2D eigenvalue weighted by Crippen LogP contribution is 2.38. The van der Waals surface area contributed by atoms with Gasteiger partial charge in [-0.1, -0.05) is 16.8 Å². The Morgan fingerprint density at radius 2 is 2.24 bits per heavy atom. The van der Waals surface area contributed by atoms with Gasteiger partial charge in [-0.2, -0.15) is 0 Å². The van der Waals surface area contributed by atoms with Crippen molar-refractivity contribution in [3.05, 3.63) is 50.3 Å². The van der Waals surface area contributed by atoms with Gasteiger partial charge in [-0.05, 0) is 42.8 Å². The van der Waals surface area contributed by atoms with Crippen molar-refractivity contribution >= 4 is 34.5 Å². The monoisotopic (exact) mass is 374 g/mol. The van der Waals surface area contributed by atoms with Gasteiger partial charge < -0.3 is 14.6 Å². The SMILES string of the molecule is COc1cc(Cl)c(C)cc1NC(=O)c1noc2c1CCc1sccc1-2. The topological polar surface area (TPSA) is 64.4 Å². The van der Waals surface area contributed by atoms with Gasteiger partial charge in [-0.25, -0.2) is 0 Å². The number of anilines is 1. The molecule has 1 aliphatic rings. The van der Waals surface area contributed by atoms with E-state index in [1.54, 1.807) is 23.5 Å². The first-order valence-electron chi connectivity index (χ1n) is 7.79. The molecule has 3 aromatic rings. The van der Waals surface area contributed by atoms with Crippen LogP contribution in [0.3, 0.4) is 0 Å². The molecule has 1 aliphatic carbocycles. The number of ether oxygens (including phenoxy) is 1.